The molecule has 3 nitrogen and oxygen atoms in total. The van der Waals surface area contributed by atoms with E-state index in [1.807, 2.05) is 0 Å². The quantitative estimate of drug-likeness (QED) is 0.808. The summed E-state index contributed by atoms with van der Waals surface area (Å²) < 4.78 is 5.09. The van der Waals surface area contributed by atoms with E-state index in [9.17, 15) is 0 Å². The van der Waals surface area contributed by atoms with Gasteiger partial charge in [-0.25, -0.2) is 0 Å². The molecule has 0 unspecified atom stereocenters. The zero-order valence-electron chi connectivity index (χ0n) is 10.1. The first-order chi connectivity index (χ1) is 7.79. The Kier molecular flexibility index (Phi) is 3.93. The third-order valence-electron chi connectivity index (χ3n) is 3.15. The summed E-state index contributed by atoms with van der Waals surface area (Å²) in [5, 5.41) is 3.30. The molecule has 1 aliphatic rings. The second kappa shape index (κ2) is 5.43. The average Bonchev–Trinajstić information content (AvgIpc) is 2.18. The minimum atomic E-state index is 0.697. The van der Waals surface area contributed by atoms with E-state index in [2.05, 4.69) is 41.5 Å². The molecular weight excluding hydrogens is 200 g/mol. The van der Waals surface area contributed by atoms with Crippen molar-refractivity contribution in [1.82, 2.24) is 10.2 Å². The summed E-state index contributed by atoms with van der Waals surface area (Å²) in [6.07, 6.45) is 0. The molecule has 1 N–H and O–H groups in total. The number of ether oxygens (including phenoxy) is 1. The number of benzene rings is 1. The number of likely N-dealkylation sites (N-methyl/N-ethyl adjacent to an activating group) is 1. The lowest BCUT2D eigenvalue weighted by Gasteiger charge is -2.35. The van der Waals surface area contributed by atoms with Gasteiger partial charge in [-0.3, -0.25) is 4.90 Å². The first-order valence-electron chi connectivity index (χ1n) is 5.77. The number of hydrogen-bond acceptors (Lipinski definition) is 3. The van der Waals surface area contributed by atoms with E-state index in [0.29, 0.717) is 12.6 Å². The van der Waals surface area contributed by atoms with Crippen LogP contribution in [0, 0.1) is 0 Å². The van der Waals surface area contributed by atoms with E-state index in [1.165, 1.54) is 11.1 Å². The van der Waals surface area contributed by atoms with Crippen LogP contribution in [-0.2, 0) is 17.9 Å². The Bertz CT molecular complexity index is 319. The van der Waals surface area contributed by atoms with Gasteiger partial charge in [0.05, 0.1) is 6.61 Å². The van der Waals surface area contributed by atoms with Gasteiger partial charge in [-0.2, -0.15) is 0 Å². The van der Waals surface area contributed by atoms with Crippen LogP contribution in [0.25, 0.3) is 0 Å². The highest BCUT2D eigenvalue weighted by Crippen LogP contribution is 2.10. The van der Waals surface area contributed by atoms with Crippen LogP contribution in [0.3, 0.4) is 0 Å². The highest BCUT2D eigenvalue weighted by Gasteiger charge is 2.20. The summed E-state index contributed by atoms with van der Waals surface area (Å²) in [6.45, 7) is 3.97. The Hall–Kier alpha value is -0.900. The molecule has 0 spiro atoms. The minimum Gasteiger partial charge on any atom is -0.380 e. The van der Waals surface area contributed by atoms with Crippen molar-refractivity contribution in [1.29, 1.82) is 0 Å². The van der Waals surface area contributed by atoms with Crippen LogP contribution in [0.4, 0.5) is 0 Å². The van der Waals surface area contributed by atoms with Crippen LogP contribution >= 0.6 is 0 Å². The fourth-order valence-electron chi connectivity index (χ4n) is 1.91. The molecule has 0 radical (unpaired) electrons. The lowest BCUT2D eigenvalue weighted by atomic mass is 10.1. The molecule has 0 aromatic heterocycles. The fourth-order valence-corrected chi connectivity index (χ4v) is 1.91. The maximum Gasteiger partial charge on any atom is 0.0713 e. The first kappa shape index (κ1) is 11.6. The summed E-state index contributed by atoms with van der Waals surface area (Å²) >= 11 is 0. The molecule has 1 fully saturated rings. The van der Waals surface area contributed by atoms with Crippen LogP contribution < -0.4 is 5.32 Å². The molecule has 88 valence electrons. The molecule has 0 bridgehead atoms. The first-order valence-corrected chi connectivity index (χ1v) is 5.77. The van der Waals surface area contributed by atoms with E-state index in [4.69, 9.17) is 4.74 Å². The number of rotatable bonds is 5. The van der Waals surface area contributed by atoms with Crippen LogP contribution in [-0.4, -0.2) is 38.2 Å². The van der Waals surface area contributed by atoms with Crippen molar-refractivity contribution in [3.05, 3.63) is 35.4 Å². The monoisotopic (exact) mass is 220 g/mol. The zero-order chi connectivity index (χ0) is 11.4. The Morgan fingerprint density at radius 2 is 1.88 bits per heavy atom. The molecule has 0 atom stereocenters. The lowest BCUT2D eigenvalue weighted by Crippen LogP contribution is -2.55. The Labute approximate surface area is 97.4 Å². The van der Waals surface area contributed by atoms with Gasteiger partial charge in [-0.05, 0) is 18.2 Å². The third-order valence-corrected chi connectivity index (χ3v) is 3.15. The van der Waals surface area contributed by atoms with Crippen molar-refractivity contribution >= 4 is 0 Å². The number of methoxy groups -OCH3 is 1. The van der Waals surface area contributed by atoms with Gasteiger partial charge in [0.15, 0.2) is 0 Å². The standard InChI is InChI=1S/C13H20N2O/c1-15(13-7-14-8-13)9-11-3-5-12(6-4-11)10-16-2/h3-6,13-14H,7-10H2,1-2H3. The second-order valence-electron chi connectivity index (χ2n) is 4.48. The van der Waals surface area contributed by atoms with Crippen LogP contribution in [0.15, 0.2) is 24.3 Å². The summed E-state index contributed by atoms with van der Waals surface area (Å²) in [5.74, 6) is 0. The lowest BCUT2D eigenvalue weighted by molar-refractivity contribution is 0.173. The van der Waals surface area contributed by atoms with Gasteiger partial charge in [0.25, 0.3) is 0 Å². The predicted octanol–water partition coefficient (Wildman–Crippen LogP) is 1.24. The fraction of sp³-hybridized carbons (Fsp3) is 0.538. The number of nitrogens with zero attached hydrogens (tertiary/aromatic N) is 1. The van der Waals surface area contributed by atoms with E-state index in [0.717, 1.165) is 19.6 Å². The highest BCUT2D eigenvalue weighted by molar-refractivity contribution is 5.22. The summed E-state index contributed by atoms with van der Waals surface area (Å²) in [6, 6.07) is 9.38. The van der Waals surface area contributed by atoms with Gasteiger partial charge in [0, 0.05) is 32.8 Å². The molecule has 0 aliphatic carbocycles. The molecule has 1 heterocycles. The molecule has 0 amide bonds. The van der Waals surface area contributed by atoms with E-state index in [-0.39, 0.29) is 0 Å². The maximum absolute atomic E-state index is 5.09. The SMILES string of the molecule is COCc1ccc(CN(C)C2CNC2)cc1. The second-order valence-corrected chi connectivity index (χ2v) is 4.48. The molecule has 2 rings (SSSR count). The molecule has 0 saturated carbocycles. The van der Waals surface area contributed by atoms with Crippen LogP contribution in [0.5, 0.6) is 0 Å². The van der Waals surface area contributed by atoms with E-state index in [1.54, 1.807) is 7.11 Å². The van der Waals surface area contributed by atoms with Crippen molar-refractivity contribution in [2.24, 2.45) is 0 Å². The molecule has 1 saturated heterocycles. The number of nitrogens with one attached hydrogen (secondary N) is 1. The van der Waals surface area contributed by atoms with Crippen molar-refractivity contribution in [2.45, 2.75) is 19.2 Å². The van der Waals surface area contributed by atoms with Crippen molar-refractivity contribution in [3.63, 3.8) is 0 Å². The van der Waals surface area contributed by atoms with E-state index < -0.39 is 0 Å². The minimum absolute atomic E-state index is 0.697. The highest BCUT2D eigenvalue weighted by atomic mass is 16.5. The Morgan fingerprint density at radius 3 is 2.38 bits per heavy atom. The van der Waals surface area contributed by atoms with Crippen LogP contribution in [0.2, 0.25) is 0 Å². The summed E-state index contributed by atoms with van der Waals surface area (Å²) in [4.78, 5) is 2.40. The van der Waals surface area contributed by atoms with Gasteiger partial charge < -0.3 is 10.1 Å². The maximum atomic E-state index is 5.09. The predicted molar refractivity (Wildman–Crippen MR) is 65.3 cm³/mol. The normalized spacial score (nSPS) is 16.4. The van der Waals surface area contributed by atoms with Gasteiger partial charge >= 0.3 is 0 Å². The van der Waals surface area contributed by atoms with Crippen molar-refractivity contribution in [3.8, 4) is 0 Å². The summed E-state index contributed by atoms with van der Waals surface area (Å²) in [7, 11) is 3.92. The average molecular weight is 220 g/mol. The largest absolute Gasteiger partial charge is 0.380 e. The van der Waals surface area contributed by atoms with Crippen molar-refractivity contribution < 1.29 is 4.74 Å². The van der Waals surface area contributed by atoms with E-state index >= 15 is 0 Å². The molecular formula is C13H20N2O. The van der Waals surface area contributed by atoms with Gasteiger partial charge in [-0.1, -0.05) is 24.3 Å². The summed E-state index contributed by atoms with van der Waals surface area (Å²) in [5.41, 5.74) is 2.61. The smallest absolute Gasteiger partial charge is 0.0713 e. The molecule has 3 heteroatoms. The van der Waals surface area contributed by atoms with Crippen LogP contribution in [0.1, 0.15) is 11.1 Å². The molecule has 1 aliphatic heterocycles. The Morgan fingerprint density at radius 1 is 1.25 bits per heavy atom. The van der Waals surface area contributed by atoms with Gasteiger partial charge in [0.1, 0.15) is 0 Å². The molecule has 1 aromatic rings. The number of hydrogen-bond donors (Lipinski definition) is 1. The zero-order valence-corrected chi connectivity index (χ0v) is 10.1. The van der Waals surface area contributed by atoms with Gasteiger partial charge in [-0.15, -0.1) is 0 Å². The molecule has 16 heavy (non-hydrogen) atoms. The topological polar surface area (TPSA) is 24.5 Å². The Balaban J connectivity index is 1.88. The van der Waals surface area contributed by atoms with Gasteiger partial charge in [0.2, 0.25) is 0 Å². The molecule has 1 aromatic carbocycles. The third kappa shape index (κ3) is 2.82. The van der Waals surface area contributed by atoms with Crippen molar-refractivity contribution in [2.75, 3.05) is 27.2 Å².